The zero-order valence-electron chi connectivity index (χ0n) is 15.9. The van der Waals surface area contributed by atoms with E-state index in [4.69, 9.17) is 17.3 Å². The zero-order valence-corrected chi connectivity index (χ0v) is 17.5. The summed E-state index contributed by atoms with van der Waals surface area (Å²) in [6, 6.07) is 6.95. The molecule has 6 nitrogen and oxygen atoms in total. The highest BCUT2D eigenvalue weighted by Crippen LogP contribution is 2.44. The van der Waals surface area contributed by atoms with Gasteiger partial charge in [0.1, 0.15) is 11.7 Å². The third-order valence-corrected chi connectivity index (χ3v) is 7.27. The van der Waals surface area contributed by atoms with Gasteiger partial charge in [-0.15, -0.1) is 0 Å². The number of amides is 2. The highest BCUT2D eigenvalue weighted by atomic mass is 35.5. The molecule has 2 heterocycles. The molecule has 148 valence electrons. The first kappa shape index (κ1) is 19.2. The van der Waals surface area contributed by atoms with E-state index < -0.39 is 11.9 Å². The van der Waals surface area contributed by atoms with E-state index in [1.807, 2.05) is 37.1 Å². The molecule has 1 saturated carbocycles. The topological polar surface area (TPSA) is 79.5 Å². The Labute approximate surface area is 173 Å². The third kappa shape index (κ3) is 3.16. The fourth-order valence-electron chi connectivity index (χ4n) is 4.35. The maximum atomic E-state index is 13.6. The first-order chi connectivity index (χ1) is 13.4. The van der Waals surface area contributed by atoms with Crippen LogP contribution in [0.25, 0.3) is 10.4 Å². The molecule has 8 heteroatoms. The van der Waals surface area contributed by atoms with Gasteiger partial charge >= 0.3 is 0 Å². The van der Waals surface area contributed by atoms with Crippen LogP contribution in [0.1, 0.15) is 36.7 Å². The summed E-state index contributed by atoms with van der Waals surface area (Å²) in [7, 11) is 1.94. The van der Waals surface area contributed by atoms with Gasteiger partial charge in [0.05, 0.1) is 4.88 Å². The second-order valence-corrected chi connectivity index (χ2v) is 8.90. The predicted octanol–water partition coefficient (Wildman–Crippen LogP) is 3.40. The molecule has 0 spiro atoms. The van der Waals surface area contributed by atoms with Crippen molar-refractivity contribution in [1.82, 2.24) is 9.88 Å². The molecular formula is C20H23ClN4O2S. The molecule has 4 rings (SSSR count). The number of nitrogens with two attached hydrogens (primary N) is 1. The van der Waals surface area contributed by atoms with E-state index in [1.54, 1.807) is 11.0 Å². The van der Waals surface area contributed by atoms with Gasteiger partial charge in [-0.25, -0.2) is 4.98 Å². The number of carbonyl (C=O) groups excluding carboxylic acids is 2. The van der Waals surface area contributed by atoms with E-state index >= 15 is 0 Å². The van der Waals surface area contributed by atoms with E-state index in [9.17, 15) is 9.59 Å². The van der Waals surface area contributed by atoms with Gasteiger partial charge in [-0.05, 0) is 49.8 Å². The highest BCUT2D eigenvalue weighted by molar-refractivity contribution is 7.19. The average Bonchev–Trinajstić information content (AvgIpc) is 3.40. The van der Waals surface area contributed by atoms with Crippen LogP contribution in [0.5, 0.6) is 0 Å². The molecule has 3 atom stereocenters. The summed E-state index contributed by atoms with van der Waals surface area (Å²) in [5, 5.41) is 1.37. The number of benzene rings is 1. The van der Waals surface area contributed by atoms with Crippen LogP contribution in [-0.2, 0) is 4.79 Å². The van der Waals surface area contributed by atoms with Gasteiger partial charge in [-0.1, -0.05) is 35.1 Å². The molecule has 2 aromatic rings. The lowest BCUT2D eigenvalue weighted by Crippen LogP contribution is -2.51. The van der Waals surface area contributed by atoms with Crippen LogP contribution in [0.2, 0.25) is 5.02 Å². The lowest BCUT2D eigenvalue weighted by atomic mass is 9.97. The lowest BCUT2D eigenvalue weighted by Gasteiger charge is -2.33. The van der Waals surface area contributed by atoms with Crippen molar-refractivity contribution in [3.63, 3.8) is 0 Å². The molecule has 2 amide bonds. The maximum absolute atomic E-state index is 13.6. The molecule has 1 aromatic carbocycles. The van der Waals surface area contributed by atoms with E-state index in [2.05, 4.69) is 4.98 Å². The van der Waals surface area contributed by atoms with Crippen molar-refractivity contribution in [2.75, 3.05) is 18.5 Å². The first-order valence-corrected chi connectivity index (χ1v) is 10.7. The first-order valence-electron chi connectivity index (χ1n) is 9.50. The minimum atomic E-state index is -0.535. The Morgan fingerprint density at radius 2 is 2.18 bits per heavy atom. The van der Waals surface area contributed by atoms with E-state index in [0.717, 1.165) is 41.4 Å². The lowest BCUT2D eigenvalue weighted by molar-refractivity contribution is -0.123. The molecule has 2 bridgehead atoms. The van der Waals surface area contributed by atoms with Crippen LogP contribution in [0.3, 0.4) is 0 Å². The fourth-order valence-corrected chi connectivity index (χ4v) is 5.62. The van der Waals surface area contributed by atoms with Gasteiger partial charge < -0.3 is 15.5 Å². The van der Waals surface area contributed by atoms with Crippen molar-refractivity contribution in [1.29, 1.82) is 0 Å². The van der Waals surface area contributed by atoms with Crippen LogP contribution >= 0.6 is 22.9 Å². The number of aromatic nitrogens is 1. The molecule has 2 N–H and O–H groups in total. The largest absolute Gasteiger partial charge is 0.368 e. The van der Waals surface area contributed by atoms with Crippen LogP contribution < -0.4 is 10.6 Å². The number of likely N-dealkylation sites (tertiary alicyclic amines) is 1. The molecule has 2 fully saturated rings. The zero-order chi connectivity index (χ0) is 20.0. The monoisotopic (exact) mass is 418 g/mol. The summed E-state index contributed by atoms with van der Waals surface area (Å²) in [5.41, 5.74) is 6.89. The Hall–Kier alpha value is -2.12. The quantitative estimate of drug-likeness (QED) is 0.807. The minimum Gasteiger partial charge on any atom is -0.368 e. The molecule has 1 saturated heterocycles. The number of rotatable bonds is 5. The number of anilines is 1. The highest BCUT2D eigenvalue weighted by Gasteiger charge is 2.51. The standard InChI is InChI=1S/C20H23ClN4O2S/c1-3-24(2)20-23-15(17(28-20)12-5-4-6-13(21)9-12)19(27)25-14-8-7-11(10-14)16(25)18(22)26/h4-6,9,11,14,16H,3,7-8,10H2,1-2H3,(H2,22,26)/t11-,14+,16+/m0/s1. The van der Waals surface area contributed by atoms with Crippen molar-refractivity contribution < 1.29 is 9.59 Å². The van der Waals surface area contributed by atoms with Crippen LogP contribution in [0, 0.1) is 5.92 Å². The van der Waals surface area contributed by atoms with Crippen molar-refractivity contribution in [3.8, 4) is 10.4 Å². The predicted molar refractivity (Wildman–Crippen MR) is 112 cm³/mol. The van der Waals surface area contributed by atoms with E-state index in [1.165, 1.54) is 11.3 Å². The average molecular weight is 419 g/mol. The van der Waals surface area contributed by atoms with Gasteiger partial charge in [0.25, 0.3) is 5.91 Å². The minimum absolute atomic E-state index is 0.0660. The second-order valence-electron chi connectivity index (χ2n) is 7.49. The number of carbonyl (C=O) groups is 2. The van der Waals surface area contributed by atoms with Gasteiger partial charge in [0, 0.05) is 24.7 Å². The van der Waals surface area contributed by atoms with Crippen molar-refractivity contribution in [3.05, 3.63) is 35.0 Å². The SMILES string of the molecule is CCN(C)c1nc(C(=O)N2[C@@H]3CC[C@@H](C3)[C@@H]2C(N)=O)c(-c2cccc(Cl)c2)s1. The molecule has 0 radical (unpaired) electrons. The van der Waals surface area contributed by atoms with Crippen LogP contribution in [0.15, 0.2) is 24.3 Å². The van der Waals surface area contributed by atoms with Gasteiger partial charge in [0.15, 0.2) is 5.13 Å². The second kappa shape index (κ2) is 7.37. The van der Waals surface area contributed by atoms with Crippen LogP contribution in [0.4, 0.5) is 5.13 Å². The molecule has 1 aliphatic heterocycles. The molecule has 2 aliphatic rings. The molecule has 0 unspecified atom stereocenters. The Bertz CT molecular complexity index is 931. The number of primary amides is 1. The summed E-state index contributed by atoms with van der Waals surface area (Å²) >= 11 is 7.65. The Morgan fingerprint density at radius 1 is 1.39 bits per heavy atom. The van der Waals surface area contributed by atoms with Gasteiger partial charge in [-0.3, -0.25) is 9.59 Å². The number of fused-ring (bicyclic) bond motifs is 2. The van der Waals surface area contributed by atoms with E-state index in [0.29, 0.717) is 10.7 Å². The van der Waals surface area contributed by atoms with Crippen LogP contribution in [-0.4, -0.2) is 47.4 Å². The third-order valence-electron chi connectivity index (χ3n) is 5.82. The molecular weight excluding hydrogens is 396 g/mol. The Balaban J connectivity index is 1.79. The van der Waals surface area contributed by atoms with E-state index in [-0.39, 0.29) is 17.9 Å². The van der Waals surface area contributed by atoms with Crippen molar-refractivity contribution in [2.45, 2.75) is 38.3 Å². The number of hydrogen-bond acceptors (Lipinski definition) is 5. The summed E-state index contributed by atoms with van der Waals surface area (Å²) < 4.78 is 0. The summed E-state index contributed by atoms with van der Waals surface area (Å²) in [6.45, 7) is 2.80. The molecule has 28 heavy (non-hydrogen) atoms. The van der Waals surface area contributed by atoms with Crippen molar-refractivity contribution >= 4 is 39.9 Å². The maximum Gasteiger partial charge on any atom is 0.275 e. The van der Waals surface area contributed by atoms with Gasteiger partial charge in [-0.2, -0.15) is 0 Å². The smallest absolute Gasteiger partial charge is 0.275 e. The van der Waals surface area contributed by atoms with Crippen molar-refractivity contribution in [2.24, 2.45) is 11.7 Å². The number of nitrogens with zero attached hydrogens (tertiary/aromatic N) is 3. The molecule has 1 aliphatic carbocycles. The Morgan fingerprint density at radius 3 is 2.86 bits per heavy atom. The number of halogens is 1. The Kier molecular flexibility index (Phi) is 5.05. The summed E-state index contributed by atoms with van der Waals surface area (Å²) in [4.78, 5) is 34.8. The summed E-state index contributed by atoms with van der Waals surface area (Å²) in [6.07, 6.45) is 2.71. The molecule has 1 aromatic heterocycles. The summed E-state index contributed by atoms with van der Waals surface area (Å²) in [5.74, 6) is -0.471. The number of thiazole rings is 1. The fraction of sp³-hybridized carbons (Fsp3) is 0.450. The normalized spacial score (nSPS) is 23.2. The number of piperidine rings is 1. The number of hydrogen-bond donors (Lipinski definition) is 1. The van der Waals surface area contributed by atoms with Gasteiger partial charge in [0.2, 0.25) is 5.91 Å².